The van der Waals surface area contributed by atoms with Gasteiger partial charge in [0.2, 0.25) is 0 Å². The number of nitrogens with one attached hydrogen (secondary N) is 1. The second-order valence-corrected chi connectivity index (χ2v) is 6.23. The molecule has 20 heavy (non-hydrogen) atoms. The summed E-state index contributed by atoms with van der Waals surface area (Å²) in [6, 6.07) is 12.3. The van der Waals surface area contributed by atoms with Crippen LogP contribution in [0.4, 0.5) is 10.1 Å². The quantitative estimate of drug-likeness (QED) is 0.757. The molecule has 5 heteroatoms. The first kappa shape index (κ1) is 13.4. The van der Waals surface area contributed by atoms with E-state index in [4.69, 9.17) is 0 Å². The molecular weight excluding hydrogens is 341 g/mol. The average molecular weight is 350 g/mol. The molecule has 0 saturated carbocycles. The summed E-state index contributed by atoms with van der Waals surface area (Å²) >= 11 is 4.55. The number of amides is 1. The third-order valence-electron chi connectivity index (χ3n) is 2.83. The Morgan fingerprint density at radius 3 is 2.80 bits per heavy atom. The molecule has 0 radical (unpaired) electrons. The number of carbonyl (C=O) groups excluding carboxylic acids is 1. The van der Waals surface area contributed by atoms with Gasteiger partial charge in [-0.05, 0) is 30.3 Å². The minimum Gasteiger partial charge on any atom is -0.320 e. The average Bonchev–Trinajstić information content (AvgIpc) is 2.42. The van der Waals surface area contributed by atoms with E-state index in [2.05, 4.69) is 21.2 Å². The number of thioether (sulfide) groups is 1. The van der Waals surface area contributed by atoms with Crippen LogP contribution < -0.4 is 5.32 Å². The number of hydrogen-bond acceptors (Lipinski definition) is 2. The number of rotatable bonds is 1. The lowest BCUT2D eigenvalue weighted by Crippen LogP contribution is -2.17. The third-order valence-corrected chi connectivity index (χ3v) is 4.42. The predicted octanol–water partition coefficient (Wildman–Crippen LogP) is 4.67. The monoisotopic (exact) mass is 349 g/mol. The fraction of sp³-hybridized carbons (Fsp3) is 0. The Bertz CT molecular complexity index is 730. The van der Waals surface area contributed by atoms with E-state index in [0.29, 0.717) is 14.9 Å². The van der Waals surface area contributed by atoms with E-state index < -0.39 is 0 Å². The van der Waals surface area contributed by atoms with Crippen molar-refractivity contribution in [1.29, 1.82) is 0 Å². The highest BCUT2D eigenvalue weighted by atomic mass is 79.9. The molecule has 0 aliphatic carbocycles. The molecule has 1 heterocycles. The highest BCUT2D eigenvalue weighted by molar-refractivity contribution is 9.10. The smallest absolute Gasteiger partial charge is 0.262 e. The molecule has 2 aromatic rings. The van der Waals surface area contributed by atoms with E-state index in [1.165, 1.54) is 17.8 Å². The first-order valence-corrected chi connectivity index (χ1v) is 7.49. The lowest BCUT2D eigenvalue weighted by Gasteiger charge is -2.18. The molecule has 0 fully saturated rings. The molecule has 0 unspecified atom stereocenters. The topological polar surface area (TPSA) is 29.1 Å². The van der Waals surface area contributed by atoms with E-state index in [0.717, 1.165) is 10.6 Å². The van der Waals surface area contributed by atoms with Gasteiger partial charge < -0.3 is 5.32 Å². The lowest BCUT2D eigenvalue weighted by molar-refractivity contribution is -0.112. The van der Waals surface area contributed by atoms with Crippen molar-refractivity contribution in [3.8, 4) is 0 Å². The van der Waals surface area contributed by atoms with Gasteiger partial charge >= 0.3 is 0 Å². The van der Waals surface area contributed by atoms with Crippen LogP contribution in [0.1, 0.15) is 5.56 Å². The summed E-state index contributed by atoms with van der Waals surface area (Å²) in [5.41, 5.74) is 1.18. The maximum atomic E-state index is 13.8. The van der Waals surface area contributed by atoms with Crippen molar-refractivity contribution in [3.05, 3.63) is 63.2 Å². The molecule has 0 atom stereocenters. The van der Waals surface area contributed by atoms with Gasteiger partial charge in [-0.1, -0.05) is 45.9 Å². The number of hydrogen-bond donors (Lipinski definition) is 1. The molecule has 100 valence electrons. The summed E-state index contributed by atoms with van der Waals surface area (Å²) in [7, 11) is 0. The van der Waals surface area contributed by atoms with E-state index in [1.807, 2.05) is 24.3 Å². The van der Waals surface area contributed by atoms with Crippen molar-refractivity contribution in [1.82, 2.24) is 0 Å². The Labute approximate surface area is 128 Å². The van der Waals surface area contributed by atoms with E-state index >= 15 is 0 Å². The Kier molecular flexibility index (Phi) is 3.63. The lowest BCUT2D eigenvalue weighted by atomic mass is 10.2. The normalized spacial score (nSPS) is 15.9. The fourth-order valence-electron chi connectivity index (χ4n) is 1.86. The van der Waals surface area contributed by atoms with Crippen molar-refractivity contribution in [2.24, 2.45) is 0 Å². The maximum absolute atomic E-state index is 13.8. The van der Waals surface area contributed by atoms with E-state index in [-0.39, 0.29) is 11.7 Å². The van der Waals surface area contributed by atoms with Crippen molar-refractivity contribution in [2.45, 2.75) is 4.90 Å². The van der Waals surface area contributed by atoms with Gasteiger partial charge in [-0.3, -0.25) is 4.79 Å². The summed E-state index contributed by atoms with van der Waals surface area (Å²) in [6.07, 6.45) is 1.57. The SMILES string of the molecule is O=C1Nc2ccccc2SC1=Cc1ccc(Br)cc1F. The minimum absolute atomic E-state index is 0.212. The number of benzene rings is 2. The van der Waals surface area contributed by atoms with Gasteiger partial charge in [0.25, 0.3) is 5.91 Å². The van der Waals surface area contributed by atoms with Gasteiger partial charge in [-0.15, -0.1) is 0 Å². The van der Waals surface area contributed by atoms with Crippen molar-refractivity contribution < 1.29 is 9.18 Å². The molecule has 1 amide bonds. The van der Waals surface area contributed by atoms with Crippen LogP contribution in [0.15, 0.2) is 56.7 Å². The first-order valence-electron chi connectivity index (χ1n) is 5.88. The Balaban J connectivity index is 1.98. The number of carbonyl (C=O) groups is 1. The van der Waals surface area contributed by atoms with Gasteiger partial charge in [0, 0.05) is 14.9 Å². The highest BCUT2D eigenvalue weighted by Gasteiger charge is 2.20. The Morgan fingerprint density at radius 1 is 1.20 bits per heavy atom. The van der Waals surface area contributed by atoms with Crippen LogP contribution in [0, 0.1) is 5.82 Å². The van der Waals surface area contributed by atoms with Gasteiger partial charge in [-0.2, -0.15) is 0 Å². The fourth-order valence-corrected chi connectivity index (χ4v) is 3.14. The summed E-state index contributed by atoms with van der Waals surface area (Å²) in [5.74, 6) is -0.574. The van der Waals surface area contributed by atoms with Crippen LogP contribution in [0.25, 0.3) is 6.08 Å². The Hall–Kier alpha value is -1.59. The molecule has 3 rings (SSSR count). The number of para-hydroxylation sites is 1. The zero-order valence-corrected chi connectivity index (χ0v) is 12.6. The largest absolute Gasteiger partial charge is 0.320 e. The predicted molar refractivity (Wildman–Crippen MR) is 83.0 cm³/mol. The highest BCUT2D eigenvalue weighted by Crippen LogP contribution is 2.38. The first-order chi connectivity index (χ1) is 9.63. The van der Waals surface area contributed by atoms with Crippen LogP contribution in [0.3, 0.4) is 0 Å². The van der Waals surface area contributed by atoms with Crippen LogP contribution in [0.5, 0.6) is 0 Å². The molecule has 2 aromatic carbocycles. The molecule has 0 saturated heterocycles. The molecule has 0 spiro atoms. The summed E-state index contributed by atoms with van der Waals surface area (Å²) < 4.78 is 14.5. The summed E-state index contributed by atoms with van der Waals surface area (Å²) in [6.45, 7) is 0. The number of halogens is 2. The zero-order chi connectivity index (χ0) is 14.1. The summed E-state index contributed by atoms with van der Waals surface area (Å²) in [4.78, 5) is 13.4. The molecule has 0 aromatic heterocycles. The standard InChI is InChI=1S/C15H9BrFNOS/c16-10-6-5-9(11(17)8-10)7-14-15(19)18-12-3-1-2-4-13(12)20-14/h1-8H,(H,18,19). The number of anilines is 1. The molecule has 1 aliphatic rings. The van der Waals surface area contributed by atoms with Crippen molar-refractivity contribution in [3.63, 3.8) is 0 Å². The van der Waals surface area contributed by atoms with E-state index in [9.17, 15) is 9.18 Å². The van der Waals surface area contributed by atoms with Gasteiger partial charge in [0.15, 0.2) is 0 Å². The Morgan fingerprint density at radius 2 is 2.00 bits per heavy atom. The molecule has 0 bridgehead atoms. The summed E-state index contributed by atoms with van der Waals surface area (Å²) in [5, 5.41) is 2.80. The van der Waals surface area contributed by atoms with Crippen LogP contribution in [-0.4, -0.2) is 5.91 Å². The van der Waals surface area contributed by atoms with Crippen LogP contribution in [-0.2, 0) is 4.79 Å². The molecule has 1 aliphatic heterocycles. The number of fused-ring (bicyclic) bond motifs is 1. The molecule has 2 nitrogen and oxygen atoms in total. The van der Waals surface area contributed by atoms with Crippen LogP contribution >= 0.6 is 27.7 Å². The van der Waals surface area contributed by atoms with Gasteiger partial charge in [0.05, 0.1) is 10.6 Å². The second kappa shape index (κ2) is 5.42. The molecule has 1 N–H and O–H groups in total. The second-order valence-electron chi connectivity index (χ2n) is 4.23. The zero-order valence-electron chi connectivity index (χ0n) is 10.2. The van der Waals surface area contributed by atoms with Crippen LogP contribution in [0.2, 0.25) is 0 Å². The van der Waals surface area contributed by atoms with Gasteiger partial charge in [-0.25, -0.2) is 4.39 Å². The van der Waals surface area contributed by atoms with E-state index in [1.54, 1.807) is 18.2 Å². The third kappa shape index (κ3) is 2.64. The molecular formula is C15H9BrFNOS. The van der Waals surface area contributed by atoms with Gasteiger partial charge in [0.1, 0.15) is 5.82 Å². The maximum Gasteiger partial charge on any atom is 0.262 e. The van der Waals surface area contributed by atoms with Crippen molar-refractivity contribution in [2.75, 3.05) is 5.32 Å². The minimum atomic E-state index is -0.362. The van der Waals surface area contributed by atoms with Crippen molar-refractivity contribution >= 4 is 45.4 Å².